The van der Waals surface area contributed by atoms with Crippen molar-refractivity contribution in [2.45, 2.75) is 11.8 Å². The number of nitrogens with one attached hydrogen (secondary N) is 2. The summed E-state index contributed by atoms with van der Waals surface area (Å²) in [5.41, 5.74) is 0.699. The minimum Gasteiger partial charge on any atom is -0.495 e. The van der Waals surface area contributed by atoms with Gasteiger partial charge in [-0.15, -0.1) is 0 Å². The summed E-state index contributed by atoms with van der Waals surface area (Å²) in [4.78, 5) is 11.2. The van der Waals surface area contributed by atoms with Crippen molar-refractivity contribution in [2.24, 2.45) is 0 Å². The lowest BCUT2D eigenvalue weighted by Crippen LogP contribution is -2.24. The van der Waals surface area contributed by atoms with Crippen LogP contribution in [-0.2, 0) is 24.8 Å². The van der Waals surface area contributed by atoms with E-state index in [1.807, 2.05) is 0 Å². The van der Waals surface area contributed by atoms with E-state index in [0.29, 0.717) is 11.4 Å². The average molecular weight is 428 g/mol. The van der Waals surface area contributed by atoms with Gasteiger partial charge in [-0.2, -0.15) is 0 Å². The number of nitrogens with zero attached hydrogens (tertiary/aromatic N) is 1. The zero-order valence-electron chi connectivity index (χ0n) is 15.8. The van der Waals surface area contributed by atoms with E-state index < -0.39 is 20.0 Å². The predicted octanol–water partition coefficient (Wildman–Crippen LogP) is 1.85. The fraction of sp³-hybridized carbons (Fsp3) is 0.235. The van der Waals surface area contributed by atoms with Gasteiger partial charge < -0.3 is 10.1 Å². The highest BCUT2D eigenvalue weighted by Gasteiger charge is 2.19. The van der Waals surface area contributed by atoms with Gasteiger partial charge in [0.2, 0.25) is 15.9 Å². The molecule has 2 aromatic rings. The van der Waals surface area contributed by atoms with E-state index in [4.69, 9.17) is 4.74 Å². The summed E-state index contributed by atoms with van der Waals surface area (Å²) in [5, 5.41) is 2.51. The highest BCUT2D eigenvalue weighted by Crippen LogP contribution is 2.29. The molecule has 0 aliphatic rings. The molecule has 2 aromatic carbocycles. The number of methoxy groups -OCH3 is 1. The Kier molecular flexibility index (Phi) is 6.20. The molecule has 0 spiro atoms. The number of hydrogen-bond donors (Lipinski definition) is 2. The second kappa shape index (κ2) is 8.07. The highest BCUT2D eigenvalue weighted by molar-refractivity contribution is 7.92. The smallest absolute Gasteiger partial charge is 0.261 e. The predicted molar refractivity (Wildman–Crippen MR) is 108 cm³/mol. The van der Waals surface area contributed by atoms with Crippen LogP contribution in [0.2, 0.25) is 0 Å². The van der Waals surface area contributed by atoms with Gasteiger partial charge in [0.25, 0.3) is 10.0 Å². The summed E-state index contributed by atoms with van der Waals surface area (Å²) in [6, 6.07) is 10.0. The molecule has 0 aromatic heterocycles. The second-order valence-electron chi connectivity index (χ2n) is 5.93. The van der Waals surface area contributed by atoms with Gasteiger partial charge in [-0.1, -0.05) is 6.07 Å². The zero-order chi connectivity index (χ0) is 21.1. The second-order valence-corrected chi connectivity index (χ2v) is 9.63. The standard InChI is InChI=1S/C17H21N3O6S2/c1-12(21)18-16-11-15(8-9-17(16)26-3)28(24,25)19-13-6-5-7-14(10-13)20(2)27(4,22)23/h5-11,19H,1-4H3,(H,18,21). The Morgan fingerprint density at radius 3 is 2.32 bits per heavy atom. The van der Waals surface area contributed by atoms with Gasteiger partial charge in [0.1, 0.15) is 5.75 Å². The summed E-state index contributed by atoms with van der Waals surface area (Å²) in [7, 11) is -4.72. The molecular formula is C17H21N3O6S2. The minimum atomic E-state index is -4.00. The summed E-state index contributed by atoms with van der Waals surface area (Å²) in [6.45, 7) is 1.29. The number of amides is 1. The molecule has 0 unspecified atom stereocenters. The molecule has 11 heteroatoms. The largest absolute Gasteiger partial charge is 0.495 e. The third kappa shape index (κ3) is 5.14. The molecule has 0 aliphatic carbocycles. The first-order valence-electron chi connectivity index (χ1n) is 7.96. The number of carbonyl (C=O) groups excluding carboxylic acids is 1. The number of sulfonamides is 2. The van der Waals surface area contributed by atoms with Gasteiger partial charge in [-0.05, 0) is 36.4 Å². The van der Waals surface area contributed by atoms with Gasteiger partial charge in [-0.25, -0.2) is 16.8 Å². The maximum Gasteiger partial charge on any atom is 0.261 e. The fourth-order valence-corrected chi connectivity index (χ4v) is 3.88. The normalized spacial score (nSPS) is 11.6. The van der Waals surface area contributed by atoms with Gasteiger partial charge >= 0.3 is 0 Å². The van der Waals surface area contributed by atoms with Gasteiger partial charge in [-0.3, -0.25) is 13.8 Å². The zero-order valence-corrected chi connectivity index (χ0v) is 17.4. The van der Waals surface area contributed by atoms with Crippen molar-refractivity contribution in [1.29, 1.82) is 0 Å². The number of hydrogen-bond acceptors (Lipinski definition) is 6. The number of ether oxygens (including phenoxy) is 1. The quantitative estimate of drug-likeness (QED) is 0.695. The topological polar surface area (TPSA) is 122 Å². The lowest BCUT2D eigenvalue weighted by molar-refractivity contribution is -0.114. The van der Waals surface area contributed by atoms with E-state index in [1.165, 1.54) is 57.5 Å². The maximum atomic E-state index is 12.7. The van der Waals surface area contributed by atoms with E-state index in [-0.39, 0.29) is 22.2 Å². The van der Waals surface area contributed by atoms with Crippen LogP contribution in [0.1, 0.15) is 6.92 Å². The molecule has 0 bridgehead atoms. The van der Waals surface area contributed by atoms with Crippen LogP contribution in [0.15, 0.2) is 47.4 Å². The highest BCUT2D eigenvalue weighted by atomic mass is 32.2. The summed E-state index contributed by atoms with van der Waals surface area (Å²) < 4.78 is 57.3. The molecule has 0 saturated heterocycles. The van der Waals surface area contributed by atoms with Crippen LogP contribution >= 0.6 is 0 Å². The number of rotatable bonds is 7. The number of benzene rings is 2. The van der Waals surface area contributed by atoms with E-state index in [1.54, 1.807) is 6.07 Å². The number of anilines is 3. The first kappa shape index (κ1) is 21.5. The lowest BCUT2D eigenvalue weighted by Gasteiger charge is -2.18. The van der Waals surface area contributed by atoms with Crippen LogP contribution in [-0.4, -0.2) is 43.2 Å². The molecule has 0 saturated carbocycles. The maximum absolute atomic E-state index is 12.7. The molecule has 0 radical (unpaired) electrons. The van der Waals surface area contributed by atoms with Gasteiger partial charge in [0, 0.05) is 14.0 Å². The molecule has 9 nitrogen and oxygen atoms in total. The van der Waals surface area contributed by atoms with Crippen LogP contribution in [0.5, 0.6) is 5.75 Å². The third-order valence-corrected chi connectivity index (χ3v) is 6.34. The van der Waals surface area contributed by atoms with Crippen LogP contribution in [0.4, 0.5) is 17.1 Å². The molecule has 0 atom stereocenters. The Morgan fingerprint density at radius 2 is 1.75 bits per heavy atom. The summed E-state index contributed by atoms with van der Waals surface area (Å²) in [6.07, 6.45) is 1.05. The molecule has 2 N–H and O–H groups in total. The van der Waals surface area contributed by atoms with Crippen molar-refractivity contribution in [3.8, 4) is 5.75 Å². The van der Waals surface area contributed by atoms with Crippen molar-refractivity contribution in [3.63, 3.8) is 0 Å². The summed E-state index contributed by atoms with van der Waals surface area (Å²) in [5.74, 6) is -0.0664. The number of carbonyl (C=O) groups is 1. The Balaban J connectivity index is 2.38. The minimum absolute atomic E-state index is 0.0982. The monoisotopic (exact) mass is 427 g/mol. The third-order valence-electron chi connectivity index (χ3n) is 3.75. The van der Waals surface area contributed by atoms with Crippen molar-refractivity contribution in [2.75, 3.05) is 34.8 Å². The van der Waals surface area contributed by atoms with Gasteiger partial charge in [0.05, 0.1) is 35.3 Å². The Morgan fingerprint density at radius 1 is 1.07 bits per heavy atom. The molecule has 0 fully saturated rings. The van der Waals surface area contributed by atoms with Crippen molar-refractivity contribution in [1.82, 2.24) is 0 Å². The average Bonchev–Trinajstić information content (AvgIpc) is 2.59. The Bertz CT molecular complexity index is 1100. The van der Waals surface area contributed by atoms with Crippen molar-refractivity contribution in [3.05, 3.63) is 42.5 Å². The van der Waals surface area contributed by atoms with Crippen LogP contribution in [0, 0.1) is 0 Å². The molecule has 152 valence electrons. The van der Waals surface area contributed by atoms with E-state index in [2.05, 4.69) is 10.0 Å². The molecule has 0 aliphatic heterocycles. The van der Waals surface area contributed by atoms with Crippen LogP contribution < -0.4 is 19.1 Å². The fourth-order valence-electron chi connectivity index (χ4n) is 2.31. The van der Waals surface area contributed by atoms with E-state index in [9.17, 15) is 21.6 Å². The molecule has 0 heterocycles. The summed E-state index contributed by atoms with van der Waals surface area (Å²) >= 11 is 0. The van der Waals surface area contributed by atoms with Crippen LogP contribution in [0.3, 0.4) is 0 Å². The van der Waals surface area contributed by atoms with E-state index in [0.717, 1.165) is 10.6 Å². The first-order chi connectivity index (χ1) is 12.9. The van der Waals surface area contributed by atoms with E-state index >= 15 is 0 Å². The van der Waals surface area contributed by atoms with Crippen molar-refractivity contribution >= 4 is 43.0 Å². The lowest BCUT2D eigenvalue weighted by atomic mass is 10.3. The first-order valence-corrected chi connectivity index (χ1v) is 11.3. The SMILES string of the molecule is COc1ccc(S(=O)(=O)Nc2cccc(N(C)S(C)(=O)=O)c2)cc1NC(C)=O. The van der Waals surface area contributed by atoms with Crippen molar-refractivity contribution < 1.29 is 26.4 Å². The molecular weight excluding hydrogens is 406 g/mol. The Hall–Kier alpha value is -2.79. The molecule has 28 heavy (non-hydrogen) atoms. The molecule has 1 amide bonds. The Labute approximate surface area is 164 Å². The van der Waals surface area contributed by atoms with Crippen LogP contribution in [0.25, 0.3) is 0 Å². The molecule has 2 rings (SSSR count). The van der Waals surface area contributed by atoms with Gasteiger partial charge in [0.15, 0.2) is 0 Å².